The number of aromatic nitrogens is 2. The fourth-order valence-electron chi connectivity index (χ4n) is 2.58. The molecule has 2 aromatic rings. The maximum Gasteiger partial charge on any atom is 0.241 e. The molecule has 1 aromatic heterocycles. The molecule has 120 valence electrons. The average Bonchev–Trinajstić information content (AvgIpc) is 3.17. The highest BCUT2D eigenvalue weighted by atomic mass is 35.5. The number of halogens is 1. The zero-order valence-corrected chi connectivity index (χ0v) is 13.6. The van der Waals surface area contributed by atoms with Crippen LogP contribution in [-0.2, 0) is 6.54 Å². The van der Waals surface area contributed by atoms with Crippen LogP contribution in [0.4, 0.5) is 0 Å². The molecule has 22 heavy (non-hydrogen) atoms. The fourth-order valence-corrected chi connectivity index (χ4v) is 2.58. The van der Waals surface area contributed by atoms with E-state index < -0.39 is 0 Å². The lowest BCUT2D eigenvalue weighted by Gasteiger charge is -2.12. The fraction of sp³-hybridized carbons (Fsp3) is 0.467. The molecule has 1 saturated heterocycles. The van der Waals surface area contributed by atoms with Crippen molar-refractivity contribution >= 4 is 12.4 Å². The van der Waals surface area contributed by atoms with E-state index in [2.05, 4.69) is 20.4 Å². The predicted molar refractivity (Wildman–Crippen MR) is 86.3 cm³/mol. The molecule has 0 amide bonds. The third kappa shape index (κ3) is 3.76. The Morgan fingerprint density at radius 2 is 2.14 bits per heavy atom. The summed E-state index contributed by atoms with van der Waals surface area (Å²) in [5.41, 5.74) is 0.931. The highest BCUT2D eigenvalue weighted by molar-refractivity contribution is 5.85. The van der Waals surface area contributed by atoms with E-state index in [4.69, 9.17) is 9.26 Å². The molecule has 3 rings (SSSR count). The van der Waals surface area contributed by atoms with Gasteiger partial charge in [-0.1, -0.05) is 5.16 Å². The predicted octanol–water partition coefficient (Wildman–Crippen LogP) is 1.96. The Kier molecular flexibility index (Phi) is 5.76. The van der Waals surface area contributed by atoms with Gasteiger partial charge in [0.1, 0.15) is 5.75 Å². The molecule has 1 aromatic carbocycles. The largest absolute Gasteiger partial charge is 0.497 e. The summed E-state index contributed by atoms with van der Waals surface area (Å²) in [5.74, 6) is 2.10. The van der Waals surface area contributed by atoms with Gasteiger partial charge in [-0.25, -0.2) is 0 Å². The molecule has 2 heterocycles. The monoisotopic (exact) mass is 324 g/mol. The summed E-state index contributed by atoms with van der Waals surface area (Å²) in [4.78, 5) is 6.80. The second-order valence-corrected chi connectivity index (χ2v) is 5.25. The Labute approximate surface area is 136 Å². The van der Waals surface area contributed by atoms with E-state index in [1.165, 1.54) is 0 Å². The van der Waals surface area contributed by atoms with Crippen LogP contribution < -0.4 is 10.1 Å². The summed E-state index contributed by atoms with van der Waals surface area (Å²) >= 11 is 0. The Balaban J connectivity index is 0.00000176. The lowest BCUT2D eigenvalue weighted by molar-refractivity contribution is 0.263. The summed E-state index contributed by atoms with van der Waals surface area (Å²) in [6.07, 6.45) is 1.16. The molecule has 0 saturated carbocycles. The van der Waals surface area contributed by atoms with Gasteiger partial charge in [0.05, 0.1) is 13.7 Å². The van der Waals surface area contributed by atoms with Crippen LogP contribution in [-0.4, -0.2) is 48.3 Å². The highest BCUT2D eigenvalue weighted by Gasteiger charge is 2.22. The number of benzene rings is 1. The first-order chi connectivity index (χ1) is 10.3. The SMILES string of the molecule is CNC1CCN(Cc2nc(-c3ccc(OC)cc3)no2)C1.Cl. The third-order valence-electron chi connectivity index (χ3n) is 3.86. The average molecular weight is 325 g/mol. The zero-order valence-electron chi connectivity index (χ0n) is 12.8. The van der Waals surface area contributed by atoms with Crippen LogP contribution in [0.2, 0.25) is 0 Å². The van der Waals surface area contributed by atoms with Gasteiger partial charge in [0.2, 0.25) is 11.7 Å². The molecule has 1 unspecified atom stereocenters. The Hall–Kier alpha value is -1.63. The van der Waals surface area contributed by atoms with Gasteiger partial charge < -0.3 is 14.6 Å². The van der Waals surface area contributed by atoms with Crippen molar-refractivity contribution in [1.82, 2.24) is 20.4 Å². The van der Waals surface area contributed by atoms with Gasteiger partial charge in [-0.2, -0.15) is 4.98 Å². The lowest BCUT2D eigenvalue weighted by atomic mass is 10.2. The number of nitrogens with zero attached hydrogens (tertiary/aromatic N) is 3. The minimum atomic E-state index is 0. The molecule has 1 atom stereocenters. The van der Waals surface area contributed by atoms with E-state index >= 15 is 0 Å². The van der Waals surface area contributed by atoms with E-state index in [1.54, 1.807) is 7.11 Å². The number of ether oxygens (including phenoxy) is 1. The summed E-state index contributed by atoms with van der Waals surface area (Å²) in [6.45, 7) is 2.80. The van der Waals surface area contributed by atoms with E-state index in [-0.39, 0.29) is 12.4 Å². The summed E-state index contributed by atoms with van der Waals surface area (Å²) < 4.78 is 10.5. The number of likely N-dealkylation sites (tertiary alicyclic amines) is 1. The van der Waals surface area contributed by atoms with Crippen molar-refractivity contribution in [2.24, 2.45) is 0 Å². The van der Waals surface area contributed by atoms with Crippen LogP contribution in [0, 0.1) is 0 Å². The molecule has 1 fully saturated rings. The molecule has 0 aliphatic carbocycles. The van der Waals surface area contributed by atoms with Gasteiger partial charge >= 0.3 is 0 Å². The molecule has 6 nitrogen and oxygen atoms in total. The first-order valence-electron chi connectivity index (χ1n) is 7.15. The maximum atomic E-state index is 5.35. The van der Waals surface area contributed by atoms with Crippen LogP contribution >= 0.6 is 12.4 Å². The minimum absolute atomic E-state index is 0. The van der Waals surface area contributed by atoms with Crippen LogP contribution in [0.25, 0.3) is 11.4 Å². The summed E-state index contributed by atoms with van der Waals surface area (Å²) in [6, 6.07) is 8.21. The first kappa shape index (κ1) is 16.7. The number of hydrogen-bond donors (Lipinski definition) is 1. The molecule has 1 aliphatic heterocycles. The lowest BCUT2D eigenvalue weighted by Crippen LogP contribution is -2.29. The summed E-state index contributed by atoms with van der Waals surface area (Å²) in [7, 11) is 3.65. The Morgan fingerprint density at radius 3 is 2.77 bits per heavy atom. The van der Waals surface area contributed by atoms with E-state index in [0.29, 0.717) is 24.3 Å². The van der Waals surface area contributed by atoms with E-state index in [9.17, 15) is 0 Å². The number of methoxy groups -OCH3 is 1. The quantitative estimate of drug-likeness (QED) is 0.907. The smallest absolute Gasteiger partial charge is 0.241 e. The van der Waals surface area contributed by atoms with E-state index in [0.717, 1.165) is 30.8 Å². The molecule has 0 bridgehead atoms. The number of nitrogens with one attached hydrogen (secondary N) is 1. The Bertz CT molecular complexity index is 587. The third-order valence-corrected chi connectivity index (χ3v) is 3.86. The molecule has 0 spiro atoms. The molecule has 1 aliphatic rings. The second kappa shape index (κ2) is 7.58. The van der Waals surface area contributed by atoms with Gasteiger partial charge in [-0.05, 0) is 37.7 Å². The van der Waals surface area contributed by atoms with Crippen LogP contribution in [0.3, 0.4) is 0 Å². The molecule has 1 N–H and O–H groups in total. The van der Waals surface area contributed by atoms with Crippen molar-refractivity contribution in [2.75, 3.05) is 27.2 Å². The highest BCUT2D eigenvalue weighted by Crippen LogP contribution is 2.20. The van der Waals surface area contributed by atoms with E-state index in [1.807, 2.05) is 31.3 Å². The van der Waals surface area contributed by atoms with Gasteiger partial charge in [-0.15, -0.1) is 12.4 Å². The summed E-state index contributed by atoms with van der Waals surface area (Å²) in [5, 5.41) is 7.36. The van der Waals surface area contributed by atoms with Crippen molar-refractivity contribution in [3.05, 3.63) is 30.2 Å². The standard InChI is InChI=1S/C15H20N4O2.ClH/c1-16-12-7-8-19(9-12)10-14-17-15(18-21-14)11-3-5-13(20-2)6-4-11;/h3-6,12,16H,7-10H2,1-2H3;1H. The normalized spacial score (nSPS) is 18.2. The van der Waals surface area contributed by atoms with Crippen LogP contribution in [0.5, 0.6) is 5.75 Å². The van der Waals surface area contributed by atoms with Crippen molar-refractivity contribution in [2.45, 2.75) is 19.0 Å². The molecule has 0 radical (unpaired) electrons. The minimum Gasteiger partial charge on any atom is -0.497 e. The van der Waals surface area contributed by atoms with Crippen LogP contribution in [0.15, 0.2) is 28.8 Å². The van der Waals surface area contributed by atoms with Gasteiger partial charge in [0, 0.05) is 24.7 Å². The molecule has 7 heteroatoms. The van der Waals surface area contributed by atoms with Crippen LogP contribution in [0.1, 0.15) is 12.3 Å². The van der Waals surface area contributed by atoms with Crippen molar-refractivity contribution in [3.8, 4) is 17.1 Å². The van der Waals surface area contributed by atoms with Crippen molar-refractivity contribution in [3.63, 3.8) is 0 Å². The first-order valence-corrected chi connectivity index (χ1v) is 7.15. The van der Waals surface area contributed by atoms with Gasteiger partial charge in [0.15, 0.2) is 0 Å². The topological polar surface area (TPSA) is 63.4 Å². The molecular formula is C15H21ClN4O2. The number of hydrogen-bond acceptors (Lipinski definition) is 6. The van der Waals surface area contributed by atoms with Crippen molar-refractivity contribution in [1.29, 1.82) is 0 Å². The number of rotatable bonds is 5. The number of likely N-dealkylation sites (N-methyl/N-ethyl adjacent to an activating group) is 1. The van der Waals surface area contributed by atoms with Gasteiger partial charge in [0.25, 0.3) is 0 Å². The second-order valence-electron chi connectivity index (χ2n) is 5.25. The zero-order chi connectivity index (χ0) is 14.7. The van der Waals surface area contributed by atoms with Gasteiger partial charge in [-0.3, -0.25) is 4.90 Å². The van der Waals surface area contributed by atoms with Crippen molar-refractivity contribution < 1.29 is 9.26 Å². The Morgan fingerprint density at radius 1 is 1.36 bits per heavy atom. The molecular weight excluding hydrogens is 304 g/mol. The maximum absolute atomic E-state index is 5.35.